The smallest absolute Gasteiger partial charge is 0.225 e. The van der Waals surface area contributed by atoms with Crippen LogP contribution in [0.4, 0.5) is 10.2 Å². The van der Waals surface area contributed by atoms with Gasteiger partial charge in [-0.25, -0.2) is 4.39 Å². The van der Waals surface area contributed by atoms with E-state index in [9.17, 15) is 9.18 Å². The molecule has 0 bridgehead atoms. The largest absolute Gasteiger partial charge is 0.354 e. The SMILES string of the molecule is Cc1ccc(-c2ccc(N3CCC[C@@H](C(=O)NCc4ccc(F)cc4)C3)nn2)cc1. The Morgan fingerprint density at radius 1 is 1.07 bits per heavy atom. The van der Waals surface area contributed by atoms with Crippen LogP contribution in [0.3, 0.4) is 0 Å². The van der Waals surface area contributed by atoms with E-state index in [1.807, 2.05) is 24.3 Å². The topological polar surface area (TPSA) is 58.1 Å². The first-order chi connectivity index (χ1) is 14.6. The maximum Gasteiger partial charge on any atom is 0.225 e. The molecule has 1 aromatic heterocycles. The summed E-state index contributed by atoms with van der Waals surface area (Å²) in [5.41, 5.74) is 3.97. The monoisotopic (exact) mass is 404 g/mol. The van der Waals surface area contributed by atoms with Crippen molar-refractivity contribution >= 4 is 11.7 Å². The van der Waals surface area contributed by atoms with Gasteiger partial charge in [0, 0.05) is 25.2 Å². The minimum atomic E-state index is -0.275. The first-order valence-electron chi connectivity index (χ1n) is 10.3. The van der Waals surface area contributed by atoms with E-state index in [1.165, 1.54) is 17.7 Å². The molecule has 1 atom stereocenters. The Bertz CT molecular complexity index is 987. The fraction of sp³-hybridized carbons (Fsp3) is 0.292. The molecule has 1 fully saturated rings. The van der Waals surface area contributed by atoms with Gasteiger partial charge in [-0.05, 0) is 49.6 Å². The number of rotatable bonds is 5. The molecule has 1 amide bonds. The number of nitrogens with one attached hydrogen (secondary N) is 1. The van der Waals surface area contributed by atoms with Crippen molar-refractivity contribution in [3.05, 3.63) is 77.6 Å². The fourth-order valence-electron chi connectivity index (χ4n) is 3.71. The van der Waals surface area contributed by atoms with Crippen LogP contribution in [0.5, 0.6) is 0 Å². The lowest BCUT2D eigenvalue weighted by atomic mass is 9.97. The highest BCUT2D eigenvalue weighted by molar-refractivity contribution is 5.79. The lowest BCUT2D eigenvalue weighted by molar-refractivity contribution is -0.125. The number of carbonyl (C=O) groups excluding carboxylic acids is 1. The van der Waals surface area contributed by atoms with Crippen molar-refractivity contribution in [2.24, 2.45) is 5.92 Å². The van der Waals surface area contributed by atoms with Gasteiger partial charge >= 0.3 is 0 Å². The van der Waals surface area contributed by atoms with E-state index in [0.717, 1.165) is 42.0 Å². The molecule has 30 heavy (non-hydrogen) atoms. The second kappa shape index (κ2) is 9.03. The molecule has 1 aliphatic heterocycles. The molecule has 0 saturated carbocycles. The maximum atomic E-state index is 13.0. The number of aromatic nitrogens is 2. The van der Waals surface area contributed by atoms with Crippen LogP contribution in [-0.2, 0) is 11.3 Å². The van der Waals surface area contributed by atoms with Crippen molar-refractivity contribution in [1.82, 2.24) is 15.5 Å². The number of piperidine rings is 1. The number of aryl methyl sites for hydroxylation is 1. The predicted molar refractivity (Wildman–Crippen MR) is 115 cm³/mol. The fourth-order valence-corrected chi connectivity index (χ4v) is 3.71. The zero-order valence-corrected chi connectivity index (χ0v) is 17.0. The molecule has 2 aromatic carbocycles. The Labute approximate surface area is 176 Å². The standard InChI is InChI=1S/C24H25FN4O/c1-17-4-8-19(9-5-17)22-12-13-23(28-27-22)29-14-2-3-20(16-29)24(30)26-15-18-6-10-21(25)11-7-18/h4-13,20H,2-3,14-16H2,1H3,(H,26,30)/t20-/m1/s1. The number of carbonyl (C=O) groups is 1. The lowest BCUT2D eigenvalue weighted by Crippen LogP contribution is -2.43. The summed E-state index contributed by atoms with van der Waals surface area (Å²) in [7, 11) is 0. The lowest BCUT2D eigenvalue weighted by Gasteiger charge is -2.32. The Morgan fingerprint density at radius 3 is 2.53 bits per heavy atom. The Morgan fingerprint density at radius 2 is 1.83 bits per heavy atom. The van der Waals surface area contributed by atoms with E-state index in [1.54, 1.807) is 12.1 Å². The molecule has 0 aliphatic carbocycles. The number of hydrogen-bond donors (Lipinski definition) is 1. The van der Waals surface area contributed by atoms with Crippen molar-refractivity contribution in [2.75, 3.05) is 18.0 Å². The van der Waals surface area contributed by atoms with E-state index in [4.69, 9.17) is 0 Å². The highest BCUT2D eigenvalue weighted by Gasteiger charge is 2.26. The minimum absolute atomic E-state index is 0.0215. The van der Waals surface area contributed by atoms with E-state index in [0.29, 0.717) is 13.1 Å². The van der Waals surface area contributed by atoms with Gasteiger partial charge in [-0.15, -0.1) is 10.2 Å². The second-order valence-electron chi connectivity index (χ2n) is 7.77. The third-order valence-electron chi connectivity index (χ3n) is 5.49. The van der Waals surface area contributed by atoms with Crippen LogP contribution < -0.4 is 10.2 Å². The summed E-state index contributed by atoms with van der Waals surface area (Å²) in [5, 5.41) is 11.8. The molecule has 2 heterocycles. The van der Waals surface area contributed by atoms with E-state index >= 15 is 0 Å². The van der Waals surface area contributed by atoms with Crippen molar-refractivity contribution < 1.29 is 9.18 Å². The summed E-state index contributed by atoms with van der Waals surface area (Å²) in [6.45, 7) is 3.94. The first kappa shape index (κ1) is 20.0. The third-order valence-corrected chi connectivity index (χ3v) is 5.49. The van der Waals surface area contributed by atoms with E-state index in [2.05, 4.69) is 39.5 Å². The summed E-state index contributed by atoms with van der Waals surface area (Å²) < 4.78 is 13.0. The zero-order chi connectivity index (χ0) is 20.9. The third kappa shape index (κ3) is 4.82. The summed E-state index contributed by atoms with van der Waals surface area (Å²) >= 11 is 0. The summed E-state index contributed by atoms with van der Waals surface area (Å²) in [6, 6.07) is 18.3. The van der Waals surface area contributed by atoms with Crippen LogP contribution in [-0.4, -0.2) is 29.2 Å². The summed E-state index contributed by atoms with van der Waals surface area (Å²) in [4.78, 5) is 14.8. The van der Waals surface area contributed by atoms with Gasteiger partial charge in [-0.2, -0.15) is 0 Å². The number of amides is 1. The van der Waals surface area contributed by atoms with E-state index in [-0.39, 0.29) is 17.6 Å². The molecule has 1 aliphatic rings. The van der Waals surface area contributed by atoms with E-state index < -0.39 is 0 Å². The molecular weight excluding hydrogens is 379 g/mol. The molecule has 154 valence electrons. The highest BCUT2D eigenvalue weighted by atomic mass is 19.1. The van der Waals surface area contributed by atoms with Gasteiger partial charge in [0.2, 0.25) is 5.91 Å². The molecule has 5 nitrogen and oxygen atoms in total. The average Bonchev–Trinajstić information content (AvgIpc) is 2.79. The predicted octanol–water partition coefficient (Wildman–Crippen LogP) is 4.12. The molecular formula is C24H25FN4O. The van der Waals surface area contributed by atoms with Crippen LogP contribution >= 0.6 is 0 Å². The molecule has 1 saturated heterocycles. The van der Waals surface area contributed by atoms with Gasteiger partial charge in [0.25, 0.3) is 0 Å². The van der Waals surface area contributed by atoms with Gasteiger partial charge in [0.1, 0.15) is 5.82 Å². The van der Waals surface area contributed by atoms with Crippen molar-refractivity contribution in [3.8, 4) is 11.3 Å². The van der Waals surface area contributed by atoms with Crippen LogP contribution in [0, 0.1) is 18.7 Å². The minimum Gasteiger partial charge on any atom is -0.354 e. The Kier molecular flexibility index (Phi) is 6.02. The zero-order valence-electron chi connectivity index (χ0n) is 17.0. The molecule has 0 radical (unpaired) electrons. The Hall–Kier alpha value is -3.28. The molecule has 0 unspecified atom stereocenters. The van der Waals surface area contributed by atoms with Crippen LogP contribution in [0.25, 0.3) is 11.3 Å². The van der Waals surface area contributed by atoms with Crippen LogP contribution in [0.2, 0.25) is 0 Å². The molecule has 3 aromatic rings. The van der Waals surface area contributed by atoms with Gasteiger partial charge < -0.3 is 10.2 Å². The number of anilines is 1. The van der Waals surface area contributed by atoms with Gasteiger partial charge in [0.05, 0.1) is 11.6 Å². The Balaban J connectivity index is 1.36. The molecule has 0 spiro atoms. The summed E-state index contributed by atoms with van der Waals surface area (Å²) in [6.07, 6.45) is 1.77. The van der Waals surface area contributed by atoms with Crippen LogP contribution in [0.1, 0.15) is 24.0 Å². The summed E-state index contributed by atoms with van der Waals surface area (Å²) in [5.74, 6) is 0.440. The highest BCUT2D eigenvalue weighted by Crippen LogP contribution is 2.23. The number of nitrogens with zero attached hydrogens (tertiary/aromatic N) is 3. The van der Waals surface area contributed by atoms with Gasteiger partial charge in [-0.1, -0.05) is 42.0 Å². The number of hydrogen-bond acceptors (Lipinski definition) is 4. The van der Waals surface area contributed by atoms with Crippen molar-refractivity contribution in [2.45, 2.75) is 26.3 Å². The van der Waals surface area contributed by atoms with Crippen molar-refractivity contribution in [3.63, 3.8) is 0 Å². The second-order valence-corrected chi connectivity index (χ2v) is 7.77. The average molecular weight is 404 g/mol. The van der Waals surface area contributed by atoms with Gasteiger partial charge in [-0.3, -0.25) is 4.79 Å². The molecule has 1 N–H and O–H groups in total. The number of benzene rings is 2. The molecule has 6 heteroatoms. The maximum absolute atomic E-state index is 13.0. The first-order valence-corrected chi connectivity index (χ1v) is 10.3. The number of halogens is 1. The molecule has 4 rings (SSSR count). The van der Waals surface area contributed by atoms with Crippen LogP contribution in [0.15, 0.2) is 60.7 Å². The van der Waals surface area contributed by atoms with Gasteiger partial charge in [0.15, 0.2) is 5.82 Å². The van der Waals surface area contributed by atoms with Crippen molar-refractivity contribution in [1.29, 1.82) is 0 Å². The quantitative estimate of drug-likeness (QED) is 0.695. The normalized spacial score (nSPS) is 16.3.